The molecule has 160 valence electrons. The Kier molecular flexibility index (Phi) is 6.84. The fraction of sp³-hybridized carbons (Fsp3) is 0.0741. The summed E-state index contributed by atoms with van der Waals surface area (Å²) >= 11 is 0. The lowest BCUT2D eigenvalue weighted by Crippen LogP contribution is -2.26. The van der Waals surface area contributed by atoms with Crippen molar-refractivity contribution in [2.45, 2.75) is 6.61 Å². The van der Waals surface area contributed by atoms with Crippen LogP contribution in [0.1, 0.15) is 5.56 Å². The molecule has 0 unspecified atom stereocenters. The molecule has 32 heavy (non-hydrogen) atoms. The number of rotatable bonds is 6. The molecule has 0 N–H and O–H groups in total. The minimum absolute atomic E-state index is 0.144. The summed E-state index contributed by atoms with van der Waals surface area (Å²) in [5.41, 5.74) is 0.873. The Morgan fingerprint density at radius 3 is 1.53 bits per heavy atom. The smallest absolute Gasteiger partial charge is 0.433 e. The number of hydrogen-bond donors (Lipinski definition) is 0. The molecule has 0 saturated heterocycles. The van der Waals surface area contributed by atoms with Gasteiger partial charge in [-0.3, -0.25) is 0 Å². The van der Waals surface area contributed by atoms with E-state index in [4.69, 9.17) is 14.2 Å². The van der Waals surface area contributed by atoms with Crippen LogP contribution in [0.2, 0.25) is 0 Å². The van der Waals surface area contributed by atoms with Gasteiger partial charge in [0, 0.05) is 15.9 Å². The van der Waals surface area contributed by atoms with Crippen LogP contribution in [-0.4, -0.2) is 13.2 Å². The zero-order valence-corrected chi connectivity index (χ0v) is 18.7. The first-order chi connectivity index (χ1) is 15.7. The van der Waals surface area contributed by atoms with Crippen molar-refractivity contribution < 1.29 is 14.3 Å². The molecule has 0 heterocycles. The van der Waals surface area contributed by atoms with E-state index < -0.39 is 13.1 Å². The SMILES string of the molecule is COc1ccc(COC(=O)N=P(c2ccccc2)(c2ccccc2)c2ccccc2)cc1. The zero-order valence-electron chi connectivity index (χ0n) is 17.8. The van der Waals surface area contributed by atoms with Crippen LogP contribution in [0.4, 0.5) is 4.79 Å². The first-order valence-electron chi connectivity index (χ1n) is 10.3. The van der Waals surface area contributed by atoms with Crippen molar-refractivity contribution in [2.75, 3.05) is 7.11 Å². The second-order valence-corrected chi connectivity index (χ2v) is 10.2. The van der Waals surface area contributed by atoms with Crippen LogP contribution < -0.4 is 20.7 Å². The summed E-state index contributed by atoms with van der Waals surface area (Å²) in [6.07, 6.45) is -0.578. The number of methoxy groups -OCH3 is 1. The molecule has 0 fully saturated rings. The minimum atomic E-state index is -2.61. The van der Waals surface area contributed by atoms with Crippen molar-refractivity contribution in [2.24, 2.45) is 4.74 Å². The Morgan fingerprint density at radius 1 is 0.688 bits per heavy atom. The Labute approximate surface area is 188 Å². The van der Waals surface area contributed by atoms with E-state index in [1.165, 1.54) is 0 Å². The summed E-state index contributed by atoms with van der Waals surface area (Å²) in [5, 5.41) is 3.00. The van der Waals surface area contributed by atoms with E-state index >= 15 is 0 Å². The summed E-state index contributed by atoms with van der Waals surface area (Å²) in [7, 11) is -0.994. The topological polar surface area (TPSA) is 47.9 Å². The van der Waals surface area contributed by atoms with Crippen LogP contribution in [0.15, 0.2) is 120 Å². The third-order valence-electron chi connectivity index (χ3n) is 5.14. The van der Waals surface area contributed by atoms with E-state index in [1.54, 1.807) is 7.11 Å². The number of carbonyl (C=O) groups is 1. The van der Waals surface area contributed by atoms with E-state index in [-0.39, 0.29) is 6.61 Å². The minimum Gasteiger partial charge on any atom is -0.497 e. The van der Waals surface area contributed by atoms with Crippen molar-refractivity contribution >= 4 is 29.1 Å². The Hall–Kier alpha value is -3.62. The van der Waals surface area contributed by atoms with Gasteiger partial charge < -0.3 is 9.47 Å². The van der Waals surface area contributed by atoms with Crippen LogP contribution in [0.5, 0.6) is 5.75 Å². The molecule has 0 aliphatic rings. The van der Waals surface area contributed by atoms with Crippen LogP contribution >= 0.6 is 7.05 Å². The van der Waals surface area contributed by atoms with Gasteiger partial charge in [0.25, 0.3) is 0 Å². The summed E-state index contributed by atoms with van der Waals surface area (Å²) < 4.78 is 15.6. The fourth-order valence-electron chi connectivity index (χ4n) is 3.57. The average molecular weight is 441 g/mol. The van der Waals surface area contributed by atoms with Crippen LogP contribution in [0, 0.1) is 0 Å². The predicted octanol–water partition coefficient (Wildman–Crippen LogP) is 5.51. The number of ether oxygens (including phenoxy) is 2. The normalized spacial score (nSPS) is 10.9. The van der Waals surface area contributed by atoms with Gasteiger partial charge in [-0.05, 0) is 17.7 Å². The van der Waals surface area contributed by atoms with Crippen molar-refractivity contribution in [3.63, 3.8) is 0 Å². The van der Waals surface area contributed by atoms with Gasteiger partial charge in [0.05, 0.1) is 14.2 Å². The highest BCUT2D eigenvalue weighted by atomic mass is 31.2. The maximum Gasteiger partial charge on any atom is 0.433 e. The van der Waals surface area contributed by atoms with Crippen LogP contribution in [0.3, 0.4) is 0 Å². The lowest BCUT2D eigenvalue weighted by molar-refractivity contribution is 0.151. The summed E-state index contributed by atoms with van der Waals surface area (Å²) in [4.78, 5) is 13.1. The highest BCUT2D eigenvalue weighted by molar-refractivity contribution is 7.87. The van der Waals surface area contributed by atoms with E-state index in [0.29, 0.717) is 0 Å². The van der Waals surface area contributed by atoms with E-state index in [0.717, 1.165) is 27.2 Å². The molecule has 0 bridgehead atoms. The predicted molar refractivity (Wildman–Crippen MR) is 131 cm³/mol. The van der Waals surface area contributed by atoms with E-state index in [2.05, 4.69) is 0 Å². The molecule has 5 heteroatoms. The molecule has 4 aromatic rings. The number of carbonyl (C=O) groups excluding carboxylic acids is 1. The lowest BCUT2D eigenvalue weighted by Gasteiger charge is -2.26. The van der Waals surface area contributed by atoms with Gasteiger partial charge in [-0.2, -0.15) is 4.74 Å². The molecule has 0 radical (unpaired) electrons. The number of amides is 1. The van der Waals surface area contributed by atoms with Gasteiger partial charge in [0.2, 0.25) is 0 Å². The third-order valence-corrected chi connectivity index (χ3v) is 8.74. The van der Waals surface area contributed by atoms with E-state index in [9.17, 15) is 4.79 Å². The second-order valence-electron chi connectivity index (χ2n) is 7.14. The molecular weight excluding hydrogens is 417 g/mol. The maximum absolute atomic E-state index is 13.1. The Morgan fingerprint density at radius 2 is 1.12 bits per heavy atom. The average Bonchev–Trinajstić information content (AvgIpc) is 2.88. The van der Waals surface area contributed by atoms with Crippen molar-refractivity contribution in [1.29, 1.82) is 0 Å². The molecule has 4 aromatic carbocycles. The summed E-state index contributed by atoms with van der Waals surface area (Å²) in [5.74, 6) is 0.756. The molecule has 0 saturated carbocycles. The molecular formula is C27H24NO3P. The standard InChI is InChI=1S/C27H24NO3P/c1-30-23-19-17-22(18-20-23)21-31-27(29)28-32(24-11-5-2-6-12-24,25-13-7-3-8-14-25)26-15-9-4-10-16-26/h2-20H,21H2,1H3. The number of benzene rings is 4. The zero-order chi connectivity index (χ0) is 22.2. The third kappa shape index (κ3) is 4.66. The van der Waals surface area contributed by atoms with Crippen molar-refractivity contribution in [3.05, 3.63) is 121 Å². The number of nitrogens with zero attached hydrogens (tertiary/aromatic N) is 1. The first kappa shape index (κ1) is 21.6. The van der Waals surface area contributed by atoms with Gasteiger partial charge in [0.15, 0.2) is 0 Å². The van der Waals surface area contributed by atoms with Gasteiger partial charge in [0.1, 0.15) is 12.4 Å². The van der Waals surface area contributed by atoms with Crippen LogP contribution in [0.25, 0.3) is 0 Å². The summed E-state index contributed by atoms with van der Waals surface area (Å²) in [6.45, 7) is 0.144. The van der Waals surface area contributed by atoms with Gasteiger partial charge in [-0.15, -0.1) is 0 Å². The first-order valence-corrected chi connectivity index (χ1v) is 12.1. The van der Waals surface area contributed by atoms with Gasteiger partial charge in [-0.1, -0.05) is 103 Å². The van der Waals surface area contributed by atoms with Crippen molar-refractivity contribution in [3.8, 4) is 5.75 Å². The number of hydrogen-bond acceptors (Lipinski definition) is 3. The molecule has 4 rings (SSSR count). The molecule has 0 atom stereocenters. The van der Waals surface area contributed by atoms with Gasteiger partial charge in [-0.25, -0.2) is 4.79 Å². The van der Waals surface area contributed by atoms with Crippen LogP contribution in [-0.2, 0) is 11.3 Å². The monoisotopic (exact) mass is 441 g/mol. The second kappa shape index (κ2) is 10.1. The van der Waals surface area contributed by atoms with Gasteiger partial charge >= 0.3 is 6.09 Å². The molecule has 0 aliphatic carbocycles. The maximum atomic E-state index is 13.1. The van der Waals surface area contributed by atoms with Crippen molar-refractivity contribution in [1.82, 2.24) is 0 Å². The van der Waals surface area contributed by atoms with E-state index in [1.807, 2.05) is 115 Å². The molecule has 0 spiro atoms. The Bertz CT molecular complexity index is 1100. The molecule has 0 aromatic heterocycles. The lowest BCUT2D eigenvalue weighted by atomic mass is 10.2. The molecule has 1 amide bonds. The largest absolute Gasteiger partial charge is 0.497 e. The fourth-order valence-corrected chi connectivity index (χ4v) is 6.92. The quantitative estimate of drug-likeness (QED) is 0.371. The molecule has 0 aliphatic heterocycles. The highest BCUT2D eigenvalue weighted by Gasteiger charge is 2.29. The Balaban J connectivity index is 1.79. The highest BCUT2D eigenvalue weighted by Crippen LogP contribution is 2.46. The summed E-state index contributed by atoms with van der Waals surface area (Å²) in [6, 6.07) is 37.4. The molecule has 4 nitrogen and oxygen atoms in total.